The third-order valence-corrected chi connectivity index (χ3v) is 8.83. The number of rotatable bonds is 11. The summed E-state index contributed by atoms with van der Waals surface area (Å²) in [5.74, 6) is 10.9. The van der Waals surface area contributed by atoms with Gasteiger partial charge in [0.1, 0.15) is 36.6 Å². The molecular formula is C21H25FN5O13P3. The van der Waals surface area contributed by atoms with Crippen molar-refractivity contribution in [1.29, 1.82) is 0 Å². The molecule has 5 atom stereocenters. The Kier molecular flexibility index (Phi) is 11.9. The second-order valence-corrected chi connectivity index (χ2v) is 12.7. The highest BCUT2D eigenvalue weighted by atomic mass is 31.3. The SMILES string of the molecule is NCCOCC#Cc1ccc(C#Cc2cn(C3CC(F)C(COP(=O)(O)OP(=O)(O)OP(=O)(O)O)O3)c(=O)nc2N)nc1. The lowest BCUT2D eigenvalue weighted by Gasteiger charge is -2.19. The van der Waals surface area contributed by atoms with E-state index < -0.39 is 60.7 Å². The highest BCUT2D eigenvalue weighted by Crippen LogP contribution is 2.66. The van der Waals surface area contributed by atoms with Crippen LogP contribution in [-0.4, -0.2) is 72.7 Å². The predicted octanol–water partition coefficient (Wildman–Crippen LogP) is -0.0840. The van der Waals surface area contributed by atoms with E-state index in [2.05, 4.69) is 46.8 Å². The molecule has 234 valence electrons. The smallest absolute Gasteiger partial charge is 0.382 e. The number of nitrogens with zero attached hydrogens (tertiary/aromatic N) is 3. The van der Waals surface area contributed by atoms with Gasteiger partial charge in [0, 0.05) is 30.9 Å². The van der Waals surface area contributed by atoms with E-state index >= 15 is 0 Å². The van der Waals surface area contributed by atoms with Gasteiger partial charge < -0.3 is 40.5 Å². The molecular weight excluding hydrogens is 642 g/mol. The summed E-state index contributed by atoms with van der Waals surface area (Å²) in [6, 6.07) is 3.26. The number of phosphoric acid groups is 3. The quantitative estimate of drug-likeness (QED) is 0.104. The minimum Gasteiger partial charge on any atom is -0.382 e. The molecule has 18 nitrogen and oxygen atoms in total. The number of anilines is 1. The average molecular weight is 667 g/mol. The second kappa shape index (κ2) is 14.8. The van der Waals surface area contributed by atoms with Crippen LogP contribution in [0.2, 0.25) is 0 Å². The number of aromatic nitrogens is 3. The maximum atomic E-state index is 14.6. The van der Waals surface area contributed by atoms with E-state index in [0.29, 0.717) is 24.4 Å². The van der Waals surface area contributed by atoms with Crippen LogP contribution >= 0.6 is 23.5 Å². The average Bonchev–Trinajstić information content (AvgIpc) is 3.25. The van der Waals surface area contributed by atoms with Crippen molar-refractivity contribution in [2.24, 2.45) is 5.73 Å². The highest BCUT2D eigenvalue weighted by Gasteiger charge is 2.43. The molecule has 2 aromatic rings. The lowest BCUT2D eigenvalue weighted by molar-refractivity contribution is -0.0349. The van der Waals surface area contributed by atoms with E-state index in [1.807, 2.05) is 0 Å². The summed E-state index contributed by atoms with van der Waals surface area (Å²) in [5.41, 5.74) is 11.2. The first-order valence-corrected chi connectivity index (χ1v) is 16.3. The van der Waals surface area contributed by atoms with Crippen molar-refractivity contribution in [3.8, 4) is 23.7 Å². The summed E-state index contributed by atoms with van der Waals surface area (Å²) in [6.45, 7) is -0.0506. The number of halogens is 1. The number of hydrogen-bond acceptors (Lipinski definition) is 13. The molecule has 8 N–H and O–H groups in total. The Balaban J connectivity index is 1.67. The number of pyridine rings is 1. The zero-order valence-corrected chi connectivity index (χ0v) is 24.4. The van der Waals surface area contributed by atoms with E-state index in [9.17, 15) is 32.7 Å². The van der Waals surface area contributed by atoms with Gasteiger partial charge in [-0.2, -0.15) is 13.6 Å². The Morgan fingerprint density at radius 3 is 2.51 bits per heavy atom. The summed E-state index contributed by atoms with van der Waals surface area (Å²) >= 11 is 0. The zero-order chi connectivity index (χ0) is 31.8. The van der Waals surface area contributed by atoms with Gasteiger partial charge >= 0.3 is 29.2 Å². The maximum Gasteiger partial charge on any atom is 0.490 e. The van der Waals surface area contributed by atoms with Crippen LogP contribution in [0.1, 0.15) is 29.5 Å². The molecule has 1 fully saturated rings. The Morgan fingerprint density at radius 2 is 1.86 bits per heavy atom. The van der Waals surface area contributed by atoms with Crippen LogP contribution in [-0.2, 0) is 36.3 Å². The third kappa shape index (κ3) is 11.3. The van der Waals surface area contributed by atoms with Crippen LogP contribution in [0.25, 0.3) is 0 Å². The van der Waals surface area contributed by atoms with Crippen LogP contribution in [0.3, 0.4) is 0 Å². The Labute approximate surface area is 242 Å². The van der Waals surface area contributed by atoms with Crippen LogP contribution < -0.4 is 17.2 Å². The van der Waals surface area contributed by atoms with Crippen molar-refractivity contribution in [2.45, 2.75) is 24.9 Å². The number of nitrogens with two attached hydrogens (primary N) is 2. The number of phosphoric ester groups is 1. The molecule has 0 spiro atoms. The molecule has 3 rings (SSSR count). The molecule has 0 bridgehead atoms. The predicted molar refractivity (Wildman–Crippen MR) is 143 cm³/mol. The fourth-order valence-corrected chi connectivity index (χ4v) is 6.31. The topological polar surface area (TPSA) is 278 Å². The van der Waals surface area contributed by atoms with Crippen molar-refractivity contribution >= 4 is 29.3 Å². The standard InChI is InChI=1S/C21H25FN5O13P3/c22-17-10-19(38-18(17)13-37-42(32,33)40-43(34,35)39-41(29,30)31)27-12-15(20(24)26-21(27)28)4-6-16-5-3-14(11-25-16)2-1-8-36-9-7-23/h3,5,11-12,17-19H,7-10,13,23H2,(H,32,33)(H,34,35)(H2,24,26,28)(H2,29,30,31). The van der Waals surface area contributed by atoms with Gasteiger partial charge in [-0.15, -0.1) is 0 Å². The van der Waals surface area contributed by atoms with Gasteiger partial charge in [-0.05, 0) is 18.1 Å². The Morgan fingerprint density at radius 1 is 1.12 bits per heavy atom. The second-order valence-electron chi connectivity index (χ2n) is 8.32. The van der Waals surface area contributed by atoms with Gasteiger partial charge in [-0.1, -0.05) is 17.8 Å². The lowest BCUT2D eigenvalue weighted by atomic mass is 10.2. The molecule has 1 aliphatic rings. The first-order valence-electron chi connectivity index (χ1n) is 11.8. The maximum absolute atomic E-state index is 14.6. The Bertz CT molecular complexity index is 1630. The number of alkyl halides is 1. The summed E-state index contributed by atoms with van der Waals surface area (Å²) < 4.78 is 71.7. The van der Waals surface area contributed by atoms with E-state index in [-0.39, 0.29) is 18.0 Å². The molecule has 0 amide bonds. The van der Waals surface area contributed by atoms with Crippen molar-refractivity contribution in [3.05, 3.63) is 51.8 Å². The molecule has 22 heteroatoms. The number of hydrogen-bond donors (Lipinski definition) is 6. The number of nitrogen functional groups attached to an aromatic ring is 1. The fraction of sp³-hybridized carbons (Fsp3) is 0.381. The molecule has 1 aliphatic heterocycles. The molecule has 2 aromatic heterocycles. The zero-order valence-electron chi connectivity index (χ0n) is 21.8. The normalized spacial score (nSPS) is 21.1. The van der Waals surface area contributed by atoms with Crippen molar-refractivity contribution in [2.75, 3.05) is 32.1 Å². The largest absolute Gasteiger partial charge is 0.490 e. The Hall–Kier alpha value is -2.83. The third-order valence-electron chi connectivity index (χ3n) is 5.03. The molecule has 0 aromatic carbocycles. The monoisotopic (exact) mass is 667 g/mol. The minimum atomic E-state index is -5.76. The van der Waals surface area contributed by atoms with Gasteiger partial charge in [-0.3, -0.25) is 9.09 Å². The van der Waals surface area contributed by atoms with Crippen molar-refractivity contribution < 1.29 is 60.3 Å². The molecule has 0 saturated carbocycles. The van der Waals surface area contributed by atoms with Crippen molar-refractivity contribution in [3.63, 3.8) is 0 Å². The lowest BCUT2D eigenvalue weighted by Crippen LogP contribution is -2.29. The summed E-state index contributed by atoms with van der Waals surface area (Å²) in [5, 5.41) is 0. The summed E-state index contributed by atoms with van der Waals surface area (Å²) in [6.07, 6.45) is -2.57. The minimum absolute atomic E-state index is 0.0676. The van der Waals surface area contributed by atoms with E-state index in [1.54, 1.807) is 12.1 Å². The highest BCUT2D eigenvalue weighted by molar-refractivity contribution is 7.66. The van der Waals surface area contributed by atoms with Gasteiger partial charge in [0.2, 0.25) is 0 Å². The number of ether oxygens (including phenoxy) is 2. The summed E-state index contributed by atoms with van der Waals surface area (Å²) in [7, 11) is -16.9. The first-order chi connectivity index (χ1) is 20.1. The first kappa shape index (κ1) is 34.7. The molecule has 5 unspecified atom stereocenters. The van der Waals surface area contributed by atoms with Crippen LogP contribution in [0, 0.1) is 23.7 Å². The van der Waals surface area contributed by atoms with Crippen LogP contribution in [0.15, 0.2) is 29.3 Å². The molecule has 43 heavy (non-hydrogen) atoms. The molecule has 1 saturated heterocycles. The molecule has 0 aliphatic carbocycles. The van der Waals surface area contributed by atoms with Gasteiger partial charge in [0.15, 0.2) is 0 Å². The van der Waals surface area contributed by atoms with E-state index in [0.717, 1.165) is 4.57 Å². The molecule has 0 radical (unpaired) electrons. The van der Waals surface area contributed by atoms with E-state index in [1.165, 1.54) is 12.4 Å². The van der Waals surface area contributed by atoms with Crippen molar-refractivity contribution in [1.82, 2.24) is 14.5 Å². The van der Waals surface area contributed by atoms with Gasteiger partial charge in [0.25, 0.3) is 0 Å². The van der Waals surface area contributed by atoms with Gasteiger partial charge in [0.05, 0.1) is 18.8 Å². The fourth-order valence-electron chi connectivity index (χ4n) is 3.28. The van der Waals surface area contributed by atoms with E-state index in [4.69, 9.17) is 30.7 Å². The van der Waals surface area contributed by atoms with Gasteiger partial charge in [-0.25, -0.2) is 27.9 Å². The molecule has 3 heterocycles. The van der Waals surface area contributed by atoms with Crippen LogP contribution in [0.4, 0.5) is 10.2 Å². The summed E-state index contributed by atoms with van der Waals surface area (Å²) in [4.78, 5) is 56.2. The van der Waals surface area contributed by atoms with Crippen LogP contribution in [0.5, 0.6) is 0 Å².